The van der Waals surface area contributed by atoms with Crippen molar-refractivity contribution < 1.29 is 9.53 Å². The Hall–Kier alpha value is -1.35. The van der Waals surface area contributed by atoms with Crippen molar-refractivity contribution >= 4 is 5.97 Å². The Morgan fingerprint density at radius 2 is 2.06 bits per heavy atom. The van der Waals surface area contributed by atoms with Crippen molar-refractivity contribution in [1.82, 2.24) is 5.32 Å². The average Bonchev–Trinajstić information content (AvgIpc) is 2.36. The lowest BCUT2D eigenvalue weighted by atomic mass is 10.2. The summed E-state index contributed by atoms with van der Waals surface area (Å²) in [6.45, 7) is 5.43. The van der Waals surface area contributed by atoms with Gasteiger partial charge in [-0.3, -0.25) is 0 Å². The van der Waals surface area contributed by atoms with E-state index in [9.17, 15) is 4.79 Å². The summed E-state index contributed by atoms with van der Waals surface area (Å²) in [5.74, 6) is -0.254. The zero-order valence-corrected chi connectivity index (χ0v) is 10.6. The Labute approximate surface area is 103 Å². The Bertz CT molecular complexity index is 324. The highest BCUT2D eigenvalue weighted by Gasteiger charge is 2.05. The molecule has 1 atom stereocenters. The predicted octanol–water partition coefficient (Wildman–Crippen LogP) is 2.62. The van der Waals surface area contributed by atoms with Crippen molar-refractivity contribution in [3.63, 3.8) is 0 Å². The monoisotopic (exact) mass is 235 g/mol. The summed E-state index contributed by atoms with van der Waals surface area (Å²) in [5, 5.41) is 3.31. The lowest BCUT2D eigenvalue weighted by molar-refractivity contribution is 0.0506. The minimum Gasteiger partial charge on any atom is -0.461 e. The van der Waals surface area contributed by atoms with Gasteiger partial charge in [-0.2, -0.15) is 0 Å². The molecule has 94 valence electrons. The van der Waals surface area contributed by atoms with E-state index in [0.717, 1.165) is 12.8 Å². The van der Waals surface area contributed by atoms with Gasteiger partial charge in [-0.15, -0.1) is 0 Å². The van der Waals surface area contributed by atoms with Gasteiger partial charge in [0.1, 0.15) is 6.61 Å². The highest BCUT2D eigenvalue weighted by atomic mass is 16.5. The fourth-order valence-corrected chi connectivity index (χ4v) is 1.64. The van der Waals surface area contributed by atoms with Crippen molar-refractivity contribution in [1.29, 1.82) is 0 Å². The third-order valence-electron chi connectivity index (χ3n) is 2.56. The van der Waals surface area contributed by atoms with E-state index >= 15 is 0 Å². The van der Waals surface area contributed by atoms with Gasteiger partial charge < -0.3 is 10.1 Å². The van der Waals surface area contributed by atoms with E-state index in [1.165, 1.54) is 0 Å². The summed E-state index contributed by atoms with van der Waals surface area (Å²) in [6.07, 6.45) is 2.31. The average molecular weight is 235 g/mol. The van der Waals surface area contributed by atoms with Gasteiger partial charge in [-0.05, 0) is 25.5 Å². The molecule has 0 aromatic heterocycles. The summed E-state index contributed by atoms with van der Waals surface area (Å²) >= 11 is 0. The van der Waals surface area contributed by atoms with Gasteiger partial charge in [-0.1, -0.05) is 31.5 Å². The molecule has 0 saturated carbocycles. The van der Waals surface area contributed by atoms with Crippen molar-refractivity contribution in [3.05, 3.63) is 35.9 Å². The number of ether oxygens (including phenoxy) is 1. The van der Waals surface area contributed by atoms with Crippen LogP contribution in [0.15, 0.2) is 30.3 Å². The number of hydrogen-bond donors (Lipinski definition) is 1. The largest absolute Gasteiger partial charge is 0.461 e. The number of hydrogen-bond acceptors (Lipinski definition) is 3. The van der Waals surface area contributed by atoms with Crippen LogP contribution in [0.3, 0.4) is 0 Å². The number of benzene rings is 1. The Balaban J connectivity index is 2.17. The zero-order chi connectivity index (χ0) is 12.5. The lowest BCUT2D eigenvalue weighted by Gasteiger charge is -2.12. The zero-order valence-electron chi connectivity index (χ0n) is 10.6. The molecule has 0 aliphatic carbocycles. The summed E-state index contributed by atoms with van der Waals surface area (Å²) in [5.41, 5.74) is 0.606. The van der Waals surface area contributed by atoms with Crippen LogP contribution in [0.25, 0.3) is 0 Å². The number of nitrogens with one attached hydrogen (secondary N) is 1. The highest BCUT2D eigenvalue weighted by Crippen LogP contribution is 2.00. The molecule has 0 spiro atoms. The molecule has 17 heavy (non-hydrogen) atoms. The Morgan fingerprint density at radius 3 is 2.71 bits per heavy atom. The minimum atomic E-state index is -0.254. The summed E-state index contributed by atoms with van der Waals surface area (Å²) in [6, 6.07) is 9.54. The van der Waals surface area contributed by atoms with Gasteiger partial charge in [0.15, 0.2) is 0 Å². The van der Waals surface area contributed by atoms with E-state index in [1.54, 1.807) is 12.1 Å². The third kappa shape index (κ3) is 5.50. The van der Waals surface area contributed by atoms with Crippen molar-refractivity contribution in [2.45, 2.75) is 32.7 Å². The number of rotatable bonds is 7. The molecule has 1 rings (SSSR count). The van der Waals surface area contributed by atoms with Crippen LogP contribution >= 0.6 is 0 Å². The van der Waals surface area contributed by atoms with Crippen LogP contribution in [-0.2, 0) is 4.74 Å². The standard InChI is InChI=1S/C14H21NO2/c1-3-7-12(2)15-10-11-17-14(16)13-8-5-4-6-9-13/h4-6,8-9,12,15H,3,7,10-11H2,1-2H3. The summed E-state index contributed by atoms with van der Waals surface area (Å²) in [4.78, 5) is 11.6. The first-order valence-electron chi connectivity index (χ1n) is 6.19. The molecule has 1 aromatic rings. The van der Waals surface area contributed by atoms with Gasteiger partial charge in [0.05, 0.1) is 5.56 Å². The highest BCUT2D eigenvalue weighted by molar-refractivity contribution is 5.89. The van der Waals surface area contributed by atoms with Crippen LogP contribution in [0, 0.1) is 0 Å². The van der Waals surface area contributed by atoms with E-state index in [1.807, 2.05) is 18.2 Å². The normalized spacial score (nSPS) is 12.1. The van der Waals surface area contributed by atoms with Crippen LogP contribution in [0.1, 0.15) is 37.0 Å². The van der Waals surface area contributed by atoms with Crippen LogP contribution in [0.5, 0.6) is 0 Å². The molecule has 0 fully saturated rings. The SMILES string of the molecule is CCCC(C)NCCOC(=O)c1ccccc1. The van der Waals surface area contributed by atoms with Gasteiger partial charge in [0.2, 0.25) is 0 Å². The molecule has 0 amide bonds. The quantitative estimate of drug-likeness (QED) is 0.583. The van der Waals surface area contributed by atoms with Gasteiger partial charge >= 0.3 is 5.97 Å². The van der Waals surface area contributed by atoms with Gasteiger partial charge in [-0.25, -0.2) is 4.79 Å². The third-order valence-corrected chi connectivity index (χ3v) is 2.56. The van der Waals surface area contributed by atoms with Gasteiger partial charge in [0, 0.05) is 12.6 Å². The second-order valence-corrected chi connectivity index (χ2v) is 4.15. The number of carbonyl (C=O) groups excluding carboxylic acids is 1. The molecular formula is C14H21NO2. The van der Waals surface area contributed by atoms with Crippen molar-refractivity contribution in [2.24, 2.45) is 0 Å². The van der Waals surface area contributed by atoms with Crippen LogP contribution < -0.4 is 5.32 Å². The molecule has 1 unspecified atom stereocenters. The molecule has 3 nitrogen and oxygen atoms in total. The second kappa shape index (κ2) is 7.85. The summed E-state index contributed by atoms with van der Waals surface area (Å²) < 4.78 is 5.16. The molecular weight excluding hydrogens is 214 g/mol. The molecule has 1 aromatic carbocycles. The van der Waals surface area contributed by atoms with E-state index in [2.05, 4.69) is 19.2 Å². The first-order valence-corrected chi connectivity index (χ1v) is 6.19. The molecule has 3 heteroatoms. The van der Waals surface area contributed by atoms with E-state index in [-0.39, 0.29) is 5.97 Å². The molecule has 1 N–H and O–H groups in total. The topological polar surface area (TPSA) is 38.3 Å². The number of esters is 1. The maximum absolute atomic E-state index is 11.6. The maximum atomic E-state index is 11.6. The second-order valence-electron chi connectivity index (χ2n) is 4.15. The molecule has 0 bridgehead atoms. The lowest BCUT2D eigenvalue weighted by Crippen LogP contribution is -2.29. The fraction of sp³-hybridized carbons (Fsp3) is 0.500. The molecule has 0 saturated heterocycles. The molecule has 0 aliphatic rings. The Kier molecular flexibility index (Phi) is 6.33. The molecule has 0 aliphatic heterocycles. The van der Waals surface area contributed by atoms with Gasteiger partial charge in [0.25, 0.3) is 0 Å². The first kappa shape index (κ1) is 13.7. The predicted molar refractivity (Wildman–Crippen MR) is 69.1 cm³/mol. The van der Waals surface area contributed by atoms with E-state index in [4.69, 9.17) is 4.74 Å². The smallest absolute Gasteiger partial charge is 0.338 e. The van der Waals surface area contributed by atoms with E-state index < -0.39 is 0 Å². The fourth-order valence-electron chi connectivity index (χ4n) is 1.64. The first-order chi connectivity index (χ1) is 8.24. The maximum Gasteiger partial charge on any atom is 0.338 e. The Morgan fingerprint density at radius 1 is 1.35 bits per heavy atom. The minimum absolute atomic E-state index is 0.254. The number of carbonyl (C=O) groups is 1. The van der Waals surface area contributed by atoms with E-state index in [0.29, 0.717) is 24.8 Å². The van der Waals surface area contributed by atoms with Crippen LogP contribution in [0.4, 0.5) is 0 Å². The van der Waals surface area contributed by atoms with Crippen molar-refractivity contribution in [2.75, 3.05) is 13.2 Å². The van der Waals surface area contributed by atoms with Crippen LogP contribution in [-0.4, -0.2) is 25.2 Å². The molecule has 0 radical (unpaired) electrons. The van der Waals surface area contributed by atoms with Crippen molar-refractivity contribution in [3.8, 4) is 0 Å². The summed E-state index contributed by atoms with van der Waals surface area (Å²) in [7, 11) is 0. The molecule has 0 heterocycles. The van der Waals surface area contributed by atoms with Crippen LogP contribution in [0.2, 0.25) is 0 Å².